The monoisotopic (exact) mass is 1090 g/mol. The molecule has 9 heteroatoms. The lowest BCUT2D eigenvalue weighted by Gasteiger charge is -2.25. The Bertz CT molecular complexity index is 1710. The molecular weight excluding hydrogens is 972 g/mol. The first-order valence-electron chi connectivity index (χ1n) is 31.1. The molecule has 8 nitrogen and oxygen atoms in total. The van der Waals surface area contributed by atoms with Gasteiger partial charge in [0.2, 0.25) is 5.91 Å². The van der Waals surface area contributed by atoms with Gasteiger partial charge in [0.15, 0.2) is 0 Å². The molecule has 440 valence electrons. The molecule has 1 amide bonds. The van der Waals surface area contributed by atoms with E-state index in [0.717, 1.165) is 96.3 Å². The summed E-state index contributed by atoms with van der Waals surface area (Å²) in [6, 6.07) is -0.873. The Labute approximate surface area is 475 Å². The minimum Gasteiger partial charge on any atom is -0.387 e. The van der Waals surface area contributed by atoms with Crippen LogP contribution < -0.4 is 5.32 Å². The highest BCUT2D eigenvalue weighted by Gasteiger charge is 2.27. The molecule has 0 rings (SSSR count). The summed E-state index contributed by atoms with van der Waals surface area (Å²) in [5.41, 5.74) is 0. The van der Waals surface area contributed by atoms with E-state index in [1.165, 1.54) is 122 Å². The number of aliphatic hydroxyl groups excluding tert-OH is 1. The number of likely N-dealkylation sites (N-methyl/N-ethyl adjacent to an activating group) is 1. The van der Waals surface area contributed by atoms with E-state index in [9.17, 15) is 19.4 Å². The molecule has 3 atom stereocenters. The first kappa shape index (κ1) is 73.6. The number of phosphoric ester groups is 1. The summed E-state index contributed by atoms with van der Waals surface area (Å²) >= 11 is 0. The fourth-order valence-electron chi connectivity index (χ4n) is 8.29. The van der Waals surface area contributed by atoms with E-state index in [-0.39, 0.29) is 19.1 Å². The fraction of sp³-hybridized carbons (Fsp3) is 0.662. The summed E-state index contributed by atoms with van der Waals surface area (Å²) in [7, 11) is 1.54. The summed E-state index contributed by atoms with van der Waals surface area (Å²) in [5, 5.41) is 13.9. The zero-order valence-electron chi connectivity index (χ0n) is 50.1. The number of allylic oxidation sites excluding steroid dienone is 21. The maximum atomic E-state index is 13.0. The maximum Gasteiger partial charge on any atom is 0.472 e. The van der Waals surface area contributed by atoms with Crippen LogP contribution in [-0.2, 0) is 18.4 Å². The van der Waals surface area contributed by atoms with Crippen molar-refractivity contribution in [2.24, 2.45) is 0 Å². The lowest BCUT2D eigenvalue weighted by molar-refractivity contribution is -0.870. The van der Waals surface area contributed by atoms with Gasteiger partial charge in [0.1, 0.15) is 13.2 Å². The Morgan fingerprint density at radius 3 is 1.19 bits per heavy atom. The summed E-state index contributed by atoms with van der Waals surface area (Å²) < 4.78 is 23.7. The van der Waals surface area contributed by atoms with Crippen LogP contribution in [0.1, 0.15) is 239 Å². The number of amides is 1. The van der Waals surface area contributed by atoms with E-state index in [1.807, 2.05) is 27.2 Å². The van der Waals surface area contributed by atoms with Crippen LogP contribution in [0.15, 0.2) is 134 Å². The minimum absolute atomic E-state index is 0.0499. The smallest absolute Gasteiger partial charge is 0.387 e. The molecule has 0 spiro atoms. The second-order valence-corrected chi connectivity index (χ2v) is 23.1. The van der Waals surface area contributed by atoms with E-state index in [1.54, 1.807) is 6.08 Å². The van der Waals surface area contributed by atoms with Gasteiger partial charge in [-0.05, 0) is 103 Å². The van der Waals surface area contributed by atoms with Crippen LogP contribution in [0.5, 0.6) is 0 Å². The number of nitrogens with one attached hydrogen (secondary N) is 1. The number of rotatable bonds is 55. The molecule has 3 N–H and O–H groups in total. The van der Waals surface area contributed by atoms with Gasteiger partial charge in [-0.25, -0.2) is 4.57 Å². The quantitative estimate of drug-likeness (QED) is 0.0243. The Morgan fingerprint density at radius 2 is 0.792 bits per heavy atom. The highest BCUT2D eigenvalue weighted by molar-refractivity contribution is 7.47. The highest BCUT2D eigenvalue weighted by atomic mass is 31.2. The number of unbranched alkanes of at least 4 members (excludes halogenated alkanes) is 22. The Hall–Kier alpha value is -3.36. The molecule has 0 aromatic rings. The minimum atomic E-state index is -4.36. The van der Waals surface area contributed by atoms with Crippen molar-refractivity contribution in [3.05, 3.63) is 134 Å². The number of carbonyl (C=O) groups is 1. The lowest BCUT2D eigenvalue weighted by Crippen LogP contribution is -2.45. The van der Waals surface area contributed by atoms with Crippen molar-refractivity contribution in [2.45, 2.75) is 251 Å². The van der Waals surface area contributed by atoms with Gasteiger partial charge in [-0.2, -0.15) is 0 Å². The number of carbonyl (C=O) groups excluding carboxylic acids is 1. The molecule has 0 aliphatic rings. The highest BCUT2D eigenvalue weighted by Crippen LogP contribution is 2.43. The van der Waals surface area contributed by atoms with E-state index in [2.05, 4.69) is 141 Å². The van der Waals surface area contributed by atoms with Crippen LogP contribution in [-0.4, -0.2) is 73.4 Å². The molecule has 0 saturated heterocycles. The van der Waals surface area contributed by atoms with Crippen LogP contribution in [0.25, 0.3) is 0 Å². The number of hydrogen-bond acceptors (Lipinski definition) is 5. The Balaban J connectivity index is 4.13. The van der Waals surface area contributed by atoms with Gasteiger partial charge in [-0.15, -0.1) is 0 Å². The third-order valence-electron chi connectivity index (χ3n) is 13.1. The van der Waals surface area contributed by atoms with Crippen molar-refractivity contribution in [1.29, 1.82) is 0 Å². The lowest BCUT2D eigenvalue weighted by atomic mass is 10.0. The molecule has 0 saturated carbocycles. The number of phosphoric acid groups is 1. The van der Waals surface area contributed by atoms with Crippen molar-refractivity contribution in [1.82, 2.24) is 5.32 Å². The van der Waals surface area contributed by atoms with Crippen molar-refractivity contribution < 1.29 is 32.9 Å². The van der Waals surface area contributed by atoms with Crippen LogP contribution in [0, 0.1) is 0 Å². The zero-order chi connectivity index (χ0) is 56.3. The average Bonchev–Trinajstić information content (AvgIpc) is 3.39. The van der Waals surface area contributed by atoms with Crippen molar-refractivity contribution >= 4 is 13.7 Å². The van der Waals surface area contributed by atoms with E-state index in [0.29, 0.717) is 17.4 Å². The molecule has 77 heavy (non-hydrogen) atoms. The molecule has 0 fully saturated rings. The summed E-state index contributed by atoms with van der Waals surface area (Å²) in [6.45, 7) is 4.67. The predicted molar refractivity (Wildman–Crippen MR) is 336 cm³/mol. The van der Waals surface area contributed by atoms with E-state index in [4.69, 9.17) is 9.05 Å². The molecule has 0 aliphatic heterocycles. The van der Waals surface area contributed by atoms with Gasteiger partial charge in [0.25, 0.3) is 0 Å². The summed E-state index contributed by atoms with van der Waals surface area (Å²) in [5.74, 6) is -0.195. The first-order chi connectivity index (χ1) is 37.5. The third-order valence-corrected chi connectivity index (χ3v) is 14.1. The second kappa shape index (κ2) is 57.3. The van der Waals surface area contributed by atoms with E-state index < -0.39 is 20.0 Å². The van der Waals surface area contributed by atoms with Gasteiger partial charge < -0.3 is 19.8 Å². The van der Waals surface area contributed by atoms with Gasteiger partial charge in [-0.1, -0.05) is 263 Å². The molecular formula is C68H118N2O6P+. The zero-order valence-corrected chi connectivity index (χ0v) is 51.0. The summed E-state index contributed by atoms with van der Waals surface area (Å²) in [6.07, 6.45) is 87.1. The number of nitrogens with zero attached hydrogens (tertiary/aromatic N) is 1. The topological polar surface area (TPSA) is 105 Å². The van der Waals surface area contributed by atoms with Gasteiger partial charge in [-0.3, -0.25) is 13.8 Å². The average molecular weight is 1090 g/mol. The molecule has 0 heterocycles. The third kappa shape index (κ3) is 60.1. The van der Waals surface area contributed by atoms with Crippen LogP contribution in [0.4, 0.5) is 0 Å². The number of aliphatic hydroxyl groups is 1. The number of hydrogen-bond donors (Lipinski definition) is 3. The van der Waals surface area contributed by atoms with Gasteiger partial charge in [0, 0.05) is 6.42 Å². The SMILES string of the molecule is CC/C=C\C/C=C\C/C=C\C/C=C\C/C=C\C/C=C\C/C=C\C/C=C\C/C=C\CCCCCCCCCCCCCC(=O)NC(COP(=O)(O)OCC[N+](C)(C)C)C(O)/C=C/CC/C=C/CCCCCCCCCCCC. The molecule has 0 aliphatic carbocycles. The van der Waals surface area contributed by atoms with Crippen LogP contribution in [0.2, 0.25) is 0 Å². The van der Waals surface area contributed by atoms with Gasteiger partial charge >= 0.3 is 7.82 Å². The van der Waals surface area contributed by atoms with Gasteiger partial charge in [0.05, 0.1) is 39.9 Å². The first-order valence-corrected chi connectivity index (χ1v) is 32.6. The van der Waals surface area contributed by atoms with Crippen molar-refractivity contribution in [3.63, 3.8) is 0 Å². The molecule has 0 aromatic carbocycles. The van der Waals surface area contributed by atoms with Crippen LogP contribution in [0.3, 0.4) is 0 Å². The molecule has 3 unspecified atom stereocenters. The van der Waals surface area contributed by atoms with Crippen molar-refractivity contribution in [3.8, 4) is 0 Å². The van der Waals surface area contributed by atoms with Crippen LogP contribution >= 0.6 is 7.82 Å². The summed E-state index contributed by atoms with van der Waals surface area (Å²) in [4.78, 5) is 23.3. The second-order valence-electron chi connectivity index (χ2n) is 21.7. The standard InChI is InChI=1S/C68H117N2O6P/c1-6-8-10-12-14-16-18-20-22-24-25-26-27-28-29-30-31-32-33-34-35-36-37-38-39-40-41-42-43-44-45-46-48-50-52-54-56-58-60-62-68(72)69-66(65-76-77(73,74)75-64-63-70(3,4)5)67(71)61-59-57-55-53-51-49-47-23-21-19-17-15-13-11-9-7-2/h8,10,14,16,20,22,25-26,28-29,31-32,34-35,37-38,40-41,51,53,59,61,66-67,71H,6-7,9,11-13,15,17-19,21,23-24,27,30,33,36,39,42-50,52,54-58,60,62-65H2,1-5H3,(H-,69,72,73,74)/p+1/b10-8-,16-14-,22-20-,26-25-,29-28-,32-31-,35-34-,38-37-,41-40-,53-51+,61-59+. The molecule has 0 radical (unpaired) electrons. The fourth-order valence-corrected chi connectivity index (χ4v) is 9.02. The predicted octanol–water partition coefficient (Wildman–Crippen LogP) is 19.5. The number of quaternary nitrogens is 1. The Kier molecular flexibility index (Phi) is 54.8. The maximum absolute atomic E-state index is 13.0. The van der Waals surface area contributed by atoms with Crippen molar-refractivity contribution in [2.75, 3.05) is 40.9 Å². The molecule has 0 aromatic heterocycles. The Morgan fingerprint density at radius 1 is 0.455 bits per heavy atom. The largest absolute Gasteiger partial charge is 0.472 e. The normalized spacial score (nSPS) is 14.7. The van der Waals surface area contributed by atoms with E-state index >= 15 is 0 Å². The molecule has 0 bridgehead atoms.